The van der Waals surface area contributed by atoms with Gasteiger partial charge in [0.1, 0.15) is 11.7 Å². The monoisotopic (exact) mass is 173 g/mol. The first-order chi connectivity index (χ1) is 6.29. The van der Waals surface area contributed by atoms with Crippen LogP contribution in [0.15, 0.2) is 42.6 Å². The number of hydrogen-bond acceptors (Lipinski definition) is 1. The minimum atomic E-state index is -0.461. The molecule has 0 aliphatic heterocycles. The van der Waals surface area contributed by atoms with Crippen LogP contribution in [0.3, 0.4) is 0 Å². The van der Waals surface area contributed by atoms with Crippen LogP contribution in [0.1, 0.15) is 0 Å². The average Bonchev–Trinajstić information content (AvgIpc) is 2.17. The van der Waals surface area contributed by atoms with E-state index in [-0.39, 0.29) is 0 Å². The highest BCUT2D eigenvalue weighted by Crippen LogP contribution is 2.07. The molecule has 64 valence electrons. The van der Waals surface area contributed by atoms with Crippen LogP contribution in [-0.2, 0) is 0 Å². The predicted octanol–water partition coefficient (Wildman–Crippen LogP) is 1.05. The maximum atomic E-state index is 11.0. The standard InChI is InChI=1S/C10H8N2O/c11-10(13)12-7-3-5-8-4-1-2-6-9(8)12/h1-7H,(H-,11,13)/p+1. The number of para-hydroxylation sites is 1. The van der Waals surface area contributed by atoms with Crippen LogP contribution in [0.4, 0.5) is 4.79 Å². The van der Waals surface area contributed by atoms with Crippen molar-refractivity contribution in [3.63, 3.8) is 0 Å². The average molecular weight is 173 g/mol. The van der Waals surface area contributed by atoms with E-state index < -0.39 is 6.03 Å². The molecule has 0 atom stereocenters. The first-order valence-corrected chi connectivity index (χ1v) is 3.98. The van der Waals surface area contributed by atoms with Gasteiger partial charge in [-0.1, -0.05) is 18.2 Å². The van der Waals surface area contributed by atoms with Gasteiger partial charge in [-0.05, 0) is 18.2 Å². The Hall–Kier alpha value is -1.90. The van der Waals surface area contributed by atoms with E-state index in [2.05, 4.69) is 0 Å². The topological polar surface area (TPSA) is 47.0 Å². The fourth-order valence-corrected chi connectivity index (χ4v) is 1.35. The first kappa shape index (κ1) is 7.73. The van der Waals surface area contributed by atoms with E-state index in [0.717, 1.165) is 10.9 Å². The number of hydrogen-bond donors (Lipinski definition) is 1. The number of primary amides is 1. The maximum Gasteiger partial charge on any atom is 0.494 e. The highest BCUT2D eigenvalue weighted by atomic mass is 16.2. The van der Waals surface area contributed by atoms with Crippen molar-refractivity contribution in [2.45, 2.75) is 0 Å². The highest BCUT2D eigenvalue weighted by molar-refractivity contribution is 5.78. The minimum Gasteiger partial charge on any atom is -0.250 e. The molecule has 3 heteroatoms. The van der Waals surface area contributed by atoms with Crippen LogP contribution < -0.4 is 10.3 Å². The second-order valence-electron chi connectivity index (χ2n) is 2.78. The van der Waals surface area contributed by atoms with Crippen LogP contribution in [0.5, 0.6) is 0 Å². The van der Waals surface area contributed by atoms with Crippen molar-refractivity contribution in [1.82, 2.24) is 0 Å². The van der Waals surface area contributed by atoms with Gasteiger partial charge in [0.25, 0.3) is 0 Å². The molecule has 0 saturated carbocycles. The molecule has 1 aromatic heterocycles. The van der Waals surface area contributed by atoms with Crippen molar-refractivity contribution >= 4 is 16.9 Å². The second-order valence-corrected chi connectivity index (χ2v) is 2.78. The predicted molar refractivity (Wildman–Crippen MR) is 49.1 cm³/mol. The van der Waals surface area contributed by atoms with Crippen molar-refractivity contribution < 1.29 is 9.36 Å². The van der Waals surface area contributed by atoms with E-state index in [1.807, 2.05) is 30.3 Å². The van der Waals surface area contributed by atoms with E-state index in [9.17, 15) is 4.79 Å². The summed E-state index contributed by atoms with van der Waals surface area (Å²) >= 11 is 0. The Balaban J connectivity index is 2.83. The summed E-state index contributed by atoms with van der Waals surface area (Å²) in [5, 5.41) is 1.00. The van der Waals surface area contributed by atoms with Crippen LogP contribution in [0, 0.1) is 0 Å². The molecular weight excluding hydrogens is 164 g/mol. The zero-order valence-electron chi connectivity index (χ0n) is 6.97. The van der Waals surface area contributed by atoms with Crippen molar-refractivity contribution in [3.8, 4) is 0 Å². The van der Waals surface area contributed by atoms with Crippen LogP contribution in [0.2, 0.25) is 0 Å². The molecular formula is C10H9N2O+. The van der Waals surface area contributed by atoms with Crippen LogP contribution in [0.25, 0.3) is 10.9 Å². The van der Waals surface area contributed by atoms with Crippen LogP contribution >= 0.6 is 0 Å². The quantitative estimate of drug-likeness (QED) is 0.595. The normalized spacial score (nSPS) is 10.2. The second kappa shape index (κ2) is 2.86. The summed E-state index contributed by atoms with van der Waals surface area (Å²) in [5.41, 5.74) is 6.03. The largest absolute Gasteiger partial charge is 0.494 e. The molecule has 0 fully saturated rings. The molecule has 1 heterocycles. The number of carbonyl (C=O) groups excluding carboxylic acids is 1. The molecule has 0 unspecified atom stereocenters. The lowest BCUT2D eigenvalue weighted by atomic mass is 10.2. The Morgan fingerprint density at radius 3 is 2.62 bits per heavy atom. The van der Waals surface area contributed by atoms with Gasteiger partial charge in [0.15, 0.2) is 0 Å². The zero-order chi connectivity index (χ0) is 9.26. The molecule has 0 aliphatic rings. The number of aromatic nitrogens is 1. The Morgan fingerprint density at radius 2 is 1.85 bits per heavy atom. The Bertz CT molecular complexity index is 460. The van der Waals surface area contributed by atoms with E-state index in [1.54, 1.807) is 12.3 Å². The molecule has 13 heavy (non-hydrogen) atoms. The fourth-order valence-electron chi connectivity index (χ4n) is 1.35. The van der Waals surface area contributed by atoms with E-state index in [0.29, 0.717) is 0 Å². The summed E-state index contributed by atoms with van der Waals surface area (Å²) in [6.45, 7) is 0. The van der Waals surface area contributed by atoms with E-state index in [4.69, 9.17) is 5.73 Å². The number of amides is 1. The van der Waals surface area contributed by atoms with Crippen molar-refractivity contribution in [3.05, 3.63) is 42.6 Å². The molecule has 2 aromatic rings. The number of rotatable bonds is 0. The smallest absolute Gasteiger partial charge is 0.250 e. The summed E-state index contributed by atoms with van der Waals surface area (Å²) in [4.78, 5) is 11.0. The lowest BCUT2D eigenvalue weighted by Crippen LogP contribution is -2.47. The maximum absolute atomic E-state index is 11.0. The summed E-state index contributed by atoms with van der Waals surface area (Å²) in [5.74, 6) is 0. The van der Waals surface area contributed by atoms with Gasteiger partial charge in [-0.3, -0.25) is 5.73 Å². The van der Waals surface area contributed by atoms with Gasteiger partial charge in [0.2, 0.25) is 0 Å². The number of carbonyl (C=O) groups is 1. The summed E-state index contributed by atoms with van der Waals surface area (Å²) < 4.78 is 1.43. The van der Waals surface area contributed by atoms with E-state index >= 15 is 0 Å². The van der Waals surface area contributed by atoms with Gasteiger partial charge in [-0.15, -0.1) is 0 Å². The third-order valence-electron chi connectivity index (χ3n) is 1.94. The molecule has 0 aliphatic carbocycles. The van der Waals surface area contributed by atoms with Gasteiger partial charge < -0.3 is 0 Å². The molecule has 1 aromatic carbocycles. The molecule has 0 spiro atoms. The number of pyridine rings is 1. The minimum absolute atomic E-state index is 0.461. The van der Waals surface area contributed by atoms with Gasteiger partial charge >= 0.3 is 6.03 Å². The summed E-state index contributed by atoms with van der Waals surface area (Å²) in [6, 6.07) is 10.9. The third-order valence-corrected chi connectivity index (χ3v) is 1.94. The summed E-state index contributed by atoms with van der Waals surface area (Å²) in [6.07, 6.45) is 1.66. The van der Waals surface area contributed by atoms with Crippen molar-refractivity contribution in [1.29, 1.82) is 0 Å². The molecule has 0 saturated heterocycles. The number of fused-ring (bicyclic) bond motifs is 1. The SMILES string of the molecule is NC(=O)[n+]1cccc2ccccc21. The molecule has 2 rings (SSSR count). The van der Waals surface area contributed by atoms with Gasteiger partial charge in [-0.2, -0.15) is 9.36 Å². The van der Waals surface area contributed by atoms with Gasteiger partial charge in [-0.25, -0.2) is 0 Å². The first-order valence-electron chi connectivity index (χ1n) is 3.98. The van der Waals surface area contributed by atoms with E-state index in [1.165, 1.54) is 4.57 Å². The lowest BCUT2D eigenvalue weighted by Gasteiger charge is -1.97. The van der Waals surface area contributed by atoms with Crippen molar-refractivity contribution in [2.24, 2.45) is 5.73 Å². The van der Waals surface area contributed by atoms with Crippen molar-refractivity contribution in [2.75, 3.05) is 0 Å². The number of nitrogens with zero attached hydrogens (tertiary/aromatic N) is 1. The molecule has 2 N–H and O–H groups in total. The Kier molecular flexibility index (Phi) is 1.70. The number of nitrogens with two attached hydrogens (primary N) is 1. The molecule has 1 amide bonds. The Labute approximate surface area is 75.4 Å². The number of benzene rings is 1. The summed E-state index contributed by atoms with van der Waals surface area (Å²) in [7, 11) is 0. The Morgan fingerprint density at radius 1 is 1.15 bits per heavy atom. The third kappa shape index (κ3) is 1.24. The highest BCUT2D eigenvalue weighted by Gasteiger charge is 2.09. The van der Waals surface area contributed by atoms with Crippen LogP contribution in [-0.4, -0.2) is 6.03 Å². The van der Waals surface area contributed by atoms with Gasteiger partial charge in [0, 0.05) is 5.39 Å². The fraction of sp³-hybridized carbons (Fsp3) is 0. The molecule has 0 radical (unpaired) electrons. The molecule has 0 bridgehead atoms. The lowest BCUT2D eigenvalue weighted by molar-refractivity contribution is -0.541. The van der Waals surface area contributed by atoms with Gasteiger partial charge in [0.05, 0.1) is 0 Å². The zero-order valence-corrected chi connectivity index (χ0v) is 6.97. The molecule has 3 nitrogen and oxygen atoms in total.